The van der Waals surface area contributed by atoms with E-state index in [0.29, 0.717) is 5.69 Å². The molecule has 1 rings (SSSR count). The van der Waals surface area contributed by atoms with Gasteiger partial charge >= 0.3 is 11.9 Å². The Hall–Kier alpha value is -2.04. The zero-order valence-corrected chi connectivity index (χ0v) is 8.84. The van der Waals surface area contributed by atoms with E-state index in [4.69, 9.17) is 5.11 Å². The van der Waals surface area contributed by atoms with Gasteiger partial charge in [-0.1, -0.05) is 18.2 Å². The minimum absolute atomic E-state index is 0.195. The number of rotatable bonds is 5. The Morgan fingerprint density at radius 2 is 2.00 bits per heavy atom. The highest BCUT2D eigenvalue weighted by atomic mass is 16.5. The zero-order valence-electron chi connectivity index (χ0n) is 8.84. The van der Waals surface area contributed by atoms with Crippen LogP contribution in [0.25, 0.3) is 0 Å². The maximum Gasteiger partial charge on any atom is 0.329 e. The van der Waals surface area contributed by atoms with Crippen LogP contribution < -0.4 is 5.32 Å². The van der Waals surface area contributed by atoms with Crippen molar-refractivity contribution in [3.05, 3.63) is 30.3 Å². The Morgan fingerprint density at radius 1 is 1.38 bits per heavy atom. The number of nitrogens with one attached hydrogen (secondary N) is 1. The monoisotopic (exact) mass is 223 g/mol. The summed E-state index contributed by atoms with van der Waals surface area (Å²) in [6.07, 6.45) is 0. The van der Waals surface area contributed by atoms with E-state index in [1.54, 1.807) is 24.3 Å². The third kappa shape index (κ3) is 4.00. The van der Waals surface area contributed by atoms with Crippen molar-refractivity contribution in [1.29, 1.82) is 0 Å². The van der Waals surface area contributed by atoms with Gasteiger partial charge in [-0.3, -0.25) is 4.79 Å². The van der Waals surface area contributed by atoms with Crippen LogP contribution in [0.5, 0.6) is 0 Å². The second-order valence-corrected chi connectivity index (χ2v) is 3.20. The summed E-state index contributed by atoms with van der Waals surface area (Å²) in [5.74, 6) is -1.56. The van der Waals surface area contributed by atoms with Gasteiger partial charge in [0, 0.05) is 12.6 Å². The van der Waals surface area contributed by atoms with Gasteiger partial charge in [0.2, 0.25) is 0 Å². The van der Waals surface area contributed by atoms with Crippen LogP contribution in [0, 0.1) is 0 Å². The first-order valence-electron chi connectivity index (χ1n) is 4.77. The number of carboxylic acids is 1. The van der Waals surface area contributed by atoms with Crippen LogP contribution in [0.2, 0.25) is 0 Å². The highest BCUT2D eigenvalue weighted by Crippen LogP contribution is 2.07. The number of hydrogen-bond acceptors (Lipinski definition) is 4. The molecule has 5 heteroatoms. The predicted molar refractivity (Wildman–Crippen MR) is 58.1 cm³/mol. The first-order chi connectivity index (χ1) is 7.59. The number of benzene rings is 1. The average molecular weight is 223 g/mol. The Balaban J connectivity index is 2.58. The summed E-state index contributed by atoms with van der Waals surface area (Å²) >= 11 is 0. The molecule has 0 amide bonds. The van der Waals surface area contributed by atoms with Gasteiger partial charge in [-0.05, 0) is 12.1 Å². The highest BCUT2D eigenvalue weighted by molar-refractivity contribution is 5.78. The Morgan fingerprint density at radius 3 is 2.50 bits per heavy atom. The number of hydrogen-bond donors (Lipinski definition) is 2. The fraction of sp³-hybridized carbons (Fsp3) is 0.273. The van der Waals surface area contributed by atoms with E-state index in [0.717, 1.165) is 0 Å². The van der Waals surface area contributed by atoms with Gasteiger partial charge in [0.05, 0.1) is 0 Å². The van der Waals surface area contributed by atoms with Gasteiger partial charge in [-0.25, -0.2) is 4.79 Å². The summed E-state index contributed by atoms with van der Waals surface area (Å²) in [7, 11) is 0. The van der Waals surface area contributed by atoms with E-state index in [-0.39, 0.29) is 6.61 Å². The van der Waals surface area contributed by atoms with Gasteiger partial charge in [0.1, 0.15) is 6.61 Å². The molecule has 0 aliphatic rings. The molecule has 0 unspecified atom stereocenters. The van der Waals surface area contributed by atoms with Gasteiger partial charge in [0.25, 0.3) is 0 Å². The second kappa shape index (κ2) is 5.75. The van der Waals surface area contributed by atoms with Crippen LogP contribution in [0.4, 0.5) is 5.69 Å². The highest BCUT2D eigenvalue weighted by Gasteiger charge is 2.18. The molecule has 2 N–H and O–H groups in total. The van der Waals surface area contributed by atoms with Crippen molar-refractivity contribution in [2.45, 2.75) is 13.0 Å². The maximum absolute atomic E-state index is 10.9. The summed E-state index contributed by atoms with van der Waals surface area (Å²) in [6, 6.07) is 7.94. The zero-order chi connectivity index (χ0) is 12.0. The number of aliphatic carboxylic acids is 1. The molecular weight excluding hydrogens is 210 g/mol. The largest absolute Gasteiger partial charge is 0.480 e. The van der Waals surface area contributed by atoms with Crippen molar-refractivity contribution < 1.29 is 19.4 Å². The minimum Gasteiger partial charge on any atom is -0.480 e. The summed E-state index contributed by atoms with van der Waals surface area (Å²) in [5.41, 5.74) is 0.669. The van der Waals surface area contributed by atoms with Crippen LogP contribution in [0.3, 0.4) is 0 Å². The van der Waals surface area contributed by atoms with E-state index in [2.05, 4.69) is 10.1 Å². The number of carboxylic acid groups (broad SMARTS) is 1. The number of anilines is 1. The number of ether oxygens (including phenoxy) is 1. The summed E-state index contributed by atoms with van der Waals surface area (Å²) in [5, 5.41) is 11.7. The number of carbonyl (C=O) groups is 2. The molecule has 5 nitrogen and oxygen atoms in total. The maximum atomic E-state index is 10.9. The Kier molecular flexibility index (Phi) is 4.32. The van der Waals surface area contributed by atoms with Crippen molar-refractivity contribution in [3.8, 4) is 0 Å². The Bertz CT molecular complexity index is 364. The van der Waals surface area contributed by atoms with E-state index in [1.807, 2.05) is 6.07 Å². The SMILES string of the molecule is CC(=O)OC[C@H](Nc1ccccc1)C(=O)O. The molecule has 0 spiro atoms. The van der Waals surface area contributed by atoms with Crippen LogP contribution >= 0.6 is 0 Å². The second-order valence-electron chi connectivity index (χ2n) is 3.20. The van der Waals surface area contributed by atoms with Gasteiger partial charge in [-0.15, -0.1) is 0 Å². The third-order valence-electron chi connectivity index (χ3n) is 1.87. The quantitative estimate of drug-likeness (QED) is 0.731. The lowest BCUT2D eigenvalue weighted by Gasteiger charge is -2.15. The van der Waals surface area contributed by atoms with Crippen molar-refractivity contribution >= 4 is 17.6 Å². The third-order valence-corrected chi connectivity index (χ3v) is 1.87. The van der Waals surface area contributed by atoms with Crippen molar-refractivity contribution in [2.75, 3.05) is 11.9 Å². The van der Waals surface area contributed by atoms with Crippen LogP contribution in [-0.2, 0) is 14.3 Å². The molecule has 0 saturated heterocycles. The lowest BCUT2D eigenvalue weighted by molar-refractivity contribution is -0.145. The predicted octanol–water partition coefficient (Wildman–Crippen LogP) is 1.11. The van der Waals surface area contributed by atoms with E-state index < -0.39 is 18.0 Å². The number of esters is 1. The van der Waals surface area contributed by atoms with Crippen molar-refractivity contribution in [3.63, 3.8) is 0 Å². The summed E-state index contributed by atoms with van der Waals surface area (Å²) in [6.45, 7) is 1.04. The van der Waals surface area contributed by atoms with Crippen molar-refractivity contribution in [1.82, 2.24) is 0 Å². The van der Waals surface area contributed by atoms with Crippen molar-refractivity contribution in [2.24, 2.45) is 0 Å². The number of para-hydroxylation sites is 1. The molecule has 0 aliphatic carbocycles. The number of carbonyl (C=O) groups excluding carboxylic acids is 1. The molecule has 0 saturated carbocycles. The Labute approximate surface area is 93.0 Å². The van der Waals surface area contributed by atoms with Crippen LogP contribution in [0.15, 0.2) is 30.3 Å². The normalized spacial score (nSPS) is 11.6. The molecule has 1 aromatic carbocycles. The van der Waals surface area contributed by atoms with Gasteiger partial charge in [0.15, 0.2) is 6.04 Å². The molecule has 86 valence electrons. The van der Waals surface area contributed by atoms with Crippen LogP contribution in [0.1, 0.15) is 6.92 Å². The van der Waals surface area contributed by atoms with E-state index >= 15 is 0 Å². The molecule has 1 aromatic rings. The molecule has 0 aromatic heterocycles. The summed E-state index contributed by atoms with van der Waals surface area (Å²) in [4.78, 5) is 21.4. The summed E-state index contributed by atoms with van der Waals surface area (Å²) < 4.78 is 4.66. The molecule has 0 fully saturated rings. The molecule has 0 aliphatic heterocycles. The average Bonchev–Trinajstić information content (AvgIpc) is 2.25. The minimum atomic E-state index is -1.06. The van der Waals surface area contributed by atoms with Crippen LogP contribution in [-0.4, -0.2) is 29.7 Å². The first-order valence-corrected chi connectivity index (χ1v) is 4.77. The molecule has 16 heavy (non-hydrogen) atoms. The molecular formula is C11H13NO4. The topological polar surface area (TPSA) is 75.6 Å². The molecule has 0 bridgehead atoms. The van der Waals surface area contributed by atoms with Gasteiger partial charge < -0.3 is 15.2 Å². The smallest absolute Gasteiger partial charge is 0.329 e. The fourth-order valence-electron chi connectivity index (χ4n) is 1.11. The fourth-order valence-corrected chi connectivity index (χ4v) is 1.11. The van der Waals surface area contributed by atoms with Gasteiger partial charge in [-0.2, -0.15) is 0 Å². The van der Waals surface area contributed by atoms with E-state index in [9.17, 15) is 9.59 Å². The molecule has 0 heterocycles. The lowest BCUT2D eigenvalue weighted by Crippen LogP contribution is -2.34. The first kappa shape index (κ1) is 12.0. The van der Waals surface area contributed by atoms with E-state index in [1.165, 1.54) is 6.92 Å². The lowest BCUT2D eigenvalue weighted by atomic mass is 10.2. The molecule has 1 atom stereocenters. The molecule has 0 radical (unpaired) electrons. The standard InChI is InChI=1S/C11H13NO4/c1-8(13)16-7-10(11(14)15)12-9-5-3-2-4-6-9/h2-6,10,12H,7H2,1H3,(H,14,15)/t10-/m0/s1.